The predicted octanol–water partition coefficient (Wildman–Crippen LogP) is 2.34. The van der Waals surface area contributed by atoms with E-state index in [1.165, 1.54) is 5.56 Å². The van der Waals surface area contributed by atoms with Gasteiger partial charge in [0.1, 0.15) is 0 Å². The van der Waals surface area contributed by atoms with Crippen LogP contribution in [0.1, 0.15) is 51.6 Å². The van der Waals surface area contributed by atoms with E-state index in [0.717, 1.165) is 32.4 Å². The summed E-state index contributed by atoms with van der Waals surface area (Å²) in [6, 6.07) is 0.818. The highest BCUT2D eigenvalue weighted by atomic mass is 16.5. The SMILES string of the molecule is CCC(N)C(c1cnn(C)c1)N(CCOC)C(CC)CC. The number of rotatable bonds is 10. The summed E-state index contributed by atoms with van der Waals surface area (Å²) < 4.78 is 7.17. The molecule has 0 aliphatic heterocycles. The maximum Gasteiger partial charge on any atom is 0.0590 e. The molecule has 0 saturated carbocycles. The van der Waals surface area contributed by atoms with E-state index in [0.29, 0.717) is 6.04 Å². The zero-order chi connectivity index (χ0) is 15.8. The lowest BCUT2D eigenvalue weighted by Crippen LogP contribution is -2.47. The highest BCUT2D eigenvalue weighted by Crippen LogP contribution is 2.28. The monoisotopic (exact) mass is 296 g/mol. The van der Waals surface area contributed by atoms with Crippen molar-refractivity contribution in [1.82, 2.24) is 14.7 Å². The van der Waals surface area contributed by atoms with Gasteiger partial charge >= 0.3 is 0 Å². The molecule has 1 rings (SSSR count). The minimum Gasteiger partial charge on any atom is -0.383 e. The summed E-state index contributed by atoms with van der Waals surface area (Å²) in [5.41, 5.74) is 7.66. The van der Waals surface area contributed by atoms with E-state index in [2.05, 4.69) is 37.0 Å². The van der Waals surface area contributed by atoms with Crippen molar-refractivity contribution < 1.29 is 4.74 Å². The number of nitrogens with zero attached hydrogens (tertiary/aromatic N) is 3. The van der Waals surface area contributed by atoms with Gasteiger partial charge in [0.2, 0.25) is 0 Å². The van der Waals surface area contributed by atoms with Crippen LogP contribution in [0.15, 0.2) is 12.4 Å². The Morgan fingerprint density at radius 1 is 1.29 bits per heavy atom. The second kappa shape index (κ2) is 9.18. The maximum atomic E-state index is 6.46. The van der Waals surface area contributed by atoms with Crippen molar-refractivity contribution in [2.24, 2.45) is 12.8 Å². The van der Waals surface area contributed by atoms with Crippen molar-refractivity contribution in [3.63, 3.8) is 0 Å². The summed E-state index contributed by atoms with van der Waals surface area (Å²) in [6.07, 6.45) is 7.22. The van der Waals surface area contributed by atoms with Crippen molar-refractivity contribution >= 4 is 0 Å². The molecule has 2 atom stereocenters. The van der Waals surface area contributed by atoms with Crippen LogP contribution in [0, 0.1) is 0 Å². The number of nitrogens with two attached hydrogens (primary N) is 1. The fraction of sp³-hybridized carbons (Fsp3) is 0.812. The molecule has 5 heteroatoms. The van der Waals surface area contributed by atoms with E-state index in [1.807, 2.05) is 17.9 Å². The molecule has 1 aromatic rings. The van der Waals surface area contributed by atoms with Gasteiger partial charge in [-0.2, -0.15) is 5.10 Å². The molecule has 0 spiro atoms. The molecule has 0 bridgehead atoms. The maximum absolute atomic E-state index is 6.46. The Kier molecular flexibility index (Phi) is 7.93. The van der Waals surface area contributed by atoms with Gasteiger partial charge in [0.15, 0.2) is 0 Å². The molecular formula is C16H32N4O. The van der Waals surface area contributed by atoms with Crippen LogP contribution in [0.2, 0.25) is 0 Å². The number of ether oxygens (including phenoxy) is 1. The van der Waals surface area contributed by atoms with Gasteiger partial charge in [-0.15, -0.1) is 0 Å². The largest absolute Gasteiger partial charge is 0.383 e. The van der Waals surface area contributed by atoms with Gasteiger partial charge in [-0.05, 0) is 19.3 Å². The van der Waals surface area contributed by atoms with Crippen molar-refractivity contribution in [1.29, 1.82) is 0 Å². The summed E-state index contributed by atoms with van der Waals surface area (Å²) in [7, 11) is 3.71. The van der Waals surface area contributed by atoms with Gasteiger partial charge in [-0.3, -0.25) is 9.58 Å². The lowest BCUT2D eigenvalue weighted by Gasteiger charge is -2.39. The van der Waals surface area contributed by atoms with Crippen molar-refractivity contribution in [3.05, 3.63) is 18.0 Å². The molecule has 5 nitrogen and oxygen atoms in total. The van der Waals surface area contributed by atoms with Gasteiger partial charge in [-0.1, -0.05) is 20.8 Å². The first-order chi connectivity index (χ1) is 10.1. The normalized spacial score (nSPS) is 14.9. The Labute approximate surface area is 129 Å². The summed E-state index contributed by atoms with van der Waals surface area (Å²) in [6.45, 7) is 8.26. The molecule has 2 unspecified atom stereocenters. The average molecular weight is 296 g/mol. The number of hydrogen-bond donors (Lipinski definition) is 1. The molecule has 1 aromatic heterocycles. The highest BCUT2D eigenvalue weighted by Gasteiger charge is 2.30. The van der Waals surface area contributed by atoms with Crippen LogP contribution in [-0.2, 0) is 11.8 Å². The van der Waals surface area contributed by atoms with Gasteiger partial charge in [-0.25, -0.2) is 0 Å². The quantitative estimate of drug-likeness (QED) is 0.720. The first kappa shape index (κ1) is 18.1. The van der Waals surface area contributed by atoms with Crippen LogP contribution in [0.4, 0.5) is 0 Å². The Balaban J connectivity index is 3.09. The Hall–Kier alpha value is -0.910. The van der Waals surface area contributed by atoms with Gasteiger partial charge < -0.3 is 10.5 Å². The Morgan fingerprint density at radius 2 is 1.95 bits per heavy atom. The summed E-state index contributed by atoms with van der Waals surface area (Å²) in [5.74, 6) is 0. The standard InChI is InChI=1S/C16H32N4O/c1-6-14(7-2)20(9-10-21-5)16(15(17)8-3)13-11-18-19(4)12-13/h11-12,14-16H,6-10,17H2,1-5H3. The smallest absolute Gasteiger partial charge is 0.0590 e. The molecule has 1 heterocycles. The van der Waals surface area contributed by atoms with E-state index in [1.54, 1.807) is 7.11 Å². The molecule has 0 fully saturated rings. The topological polar surface area (TPSA) is 56.3 Å². The molecule has 0 aromatic carbocycles. The molecule has 0 amide bonds. The first-order valence-electron chi connectivity index (χ1n) is 8.07. The number of aryl methyl sites for hydroxylation is 1. The molecule has 0 aliphatic rings. The first-order valence-corrected chi connectivity index (χ1v) is 8.07. The molecule has 122 valence electrons. The second-order valence-corrected chi connectivity index (χ2v) is 5.67. The fourth-order valence-corrected chi connectivity index (χ4v) is 3.00. The minimum absolute atomic E-state index is 0.103. The molecule has 0 radical (unpaired) electrons. The summed E-state index contributed by atoms with van der Waals surface area (Å²) in [5, 5.41) is 4.33. The lowest BCUT2D eigenvalue weighted by molar-refractivity contribution is 0.0671. The van der Waals surface area contributed by atoms with Crippen LogP contribution in [-0.4, -0.2) is 47.0 Å². The van der Waals surface area contributed by atoms with E-state index in [9.17, 15) is 0 Å². The van der Waals surface area contributed by atoms with Crippen LogP contribution in [0.25, 0.3) is 0 Å². The minimum atomic E-state index is 0.103. The molecule has 21 heavy (non-hydrogen) atoms. The zero-order valence-electron chi connectivity index (χ0n) is 14.2. The van der Waals surface area contributed by atoms with Crippen LogP contribution in [0.5, 0.6) is 0 Å². The van der Waals surface area contributed by atoms with E-state index >= 15 is 0 Å². The van der Waals surface area contributed by atoms with Crippen LogP contribution < -0.4 is 5.73 Å². The second-order valence-electron chi connectivity index (χ2n) is 5.67. The predicted molar refractivity (Wildman–Crippen MR) is 87.2 cm³/mol. The van der Waals surface area contributed by atoms with Crippen molar-refractivity contribution in [2.45, 2.75) is 58.2 Å². The summed E-state index contributed by atoms with van der Waals surface area (Å²) >= 11 is 0. The number of aromatic nitrogens is 2. The molecular weight excluding hydrogens is 264 g/mol. The van der Waals surface area contributed by atoms with Crippen molar-refractivity contribution in [2.75, 3.05) is 20.3 Å². The molecule has 2 N–H and O–H groups in total. The van der Waals surface area contributed by atoms with Gasteiger partial charge in [0, 0.05) is 44.5 Å². The fourth-order valence-electron chi connectivity index (χ4n) is 3.00. The lowest BCUT2D eigenvalue weighted by atomic mass is 9.95. The van der Waals surface area contributed by atoms with Gasteiger partial charge in [0.25, 0.3) is 0 Å². The zero-order valence-corrected chi connectivity index (χ0v) is 14.2. The third-order valence-electron chi connectivity index (χ3n) is 4.27. The third kappa shape index (κ3) is 4.80. The highest BCUT2D eigenvalue weighted by molar-refractivity contribution is 5.14. The number of hydrogen-bond acceptors (Lipinski definition) is 4. The average Bonchev–Trinajstić information content (AvgIpc) is 2.91. The van der Waals surface area contributed by atoms with Crippen LogP contribution >= 0.6 is 0 Å². The van der Waals surface area contributed by atoms with E-state index in [4.69, 9.17) is 10.5 Å². The Bertz CT molecular complexity index is 389. The van der Waals surface area contributed by atoms with Crippen molar-refractivity contribution in [3.8, 4) is 0 Å². The number of methoxy groups -OCH3 is 1. The van der Waals surface area contributed by atoms with Crippen LogP contribution in [0.3, 0.4) is 0 Å². The van der Waals surface area contributed by atoms with E-state index in [-0.39, 0.29) is 12.1 Å². The van der Waals surface area contributed by atoms with Gasteiger partial charge in [0.05, 0.1) is 18.8 Å². The Morgan fingerprint density at radius 3 is 2.38 bits per heavy atom. The van der Waals surface area contributed by atoms with E-state index < -0.39 is 0 Å². The third-order valence-corrected chi connectivity index (χ3v) is 4.27. The summed E-state index contributed by atoms with van der Waals surface area (Å²) in [4.78, 5) is 2.51. The molecule has 0 aliphatic carbocycles. The molecule has 0 saturated heterocycles.